The summed E-state index contributed by atoms with van der Waals surface area (Å²) in [6, 6.07) is -0.00821. The number of carbonyl (C=O) groups excluding carboxylic acids is 1. The molecule has 0 aromatic carbocycles. The van der Waals surface area contributed by atoms with Gasteiger partial charge in [-0.15, -0.1) is 0 Å². The van der Waals surface area contributed by atoms with E-state index >= 15 is 0 Å². The summed E-state index contributed by atoms with van der Waals surface area (Å²) >= 11 is 0. The van der Waals surface area contributed by atoms with Gasteiger partial charge in [-0.2, -0.15) is 0 Å². The van der Waals surface area contributed by atoms with E-state index in [4.69, 9.17) is 4.74 Å². The van der Waals surface area contributed by atoms with E-state index < -0.39 is 0 Å². The van der Waals surface area contributed by atoms with Crippen molar-refractivity contribution in [1.29, 1.82) is 0 Å². The summed E-state index contributed by atoms with van der Waals surface area (Å²) < 4.78 is 5.04. The molecule has 0 aromatic heterocycles. The van der Waals surface area contributed by atoms with Crippen LogP contribution in [-0.2, 0) is 9.53 Å². The van der Waals surface area contributed by atoms with Gasteiger partial charge < -0.3 is 15.4 Å². The van der Waals surface area contributed by atoms with Crippen molar-refractivity contribution in [3.63, 3.8) is 0 Å². The summed E-state index contributed by atoms with van der Waals surface area (Å²) in [5, 5.41) is 6.14. The first kappa shape index (κ1) is 11.5. The van der Waals surface area contributed by atoms with Gasteiger partial charge in [0.1, 0.15) is 0 Å². The summed E-state index contributed by atoms with van der Waals surface area (Å²) in [6.45, 7) is 5.40. The molecule has 1 fully saturated rings. The predicted molar refractivity (Wildman–Crippen MR) is 55.1 cm³/mol. The Labute approximate surface area is 85.4 Å². The molecule has 1 heterocycles. The molecule has 1 amide bonds. The molecular weight excluding hydrogens is 180 g/mol. The fraction of sp³-hybridized carbons (Fsp3) is 0.900. The van der Waals surface area contributed by atoms with Gasteiger partial charge in [0.15, 0.2) is 0 Å². The molecular formula is C10H20N2O2. The van der Waals surface area contributed by atoms with Gasteiger partial charge >= 0.3 is 0 Å². The molecule has 1 aliphatic rings. The maximum absolute atomic E-state index is 11.7. The first-order valence-electron chi connectivity index (χ1n) is 5.09. The largest absolute Gasteiger partial charge is 0.382 e. The minimum Gasteiger partial charge on any atom is -0.382 e. The van der Waals surface area contributed by atoms with Crippen molar-refractivity contribution in [1.82, 2.24) is 10.6 Å². The Hall–Kier alpha value is -0.610. The fourth-order valence-electron chi connectivity index (χ4n) is 1.73. The summed E-state index contributed by atoms with van der Waals surface area (Å²) in [7, 11) is 1.64. The lowest BCUT2D eigenvalue weighted by atomic mass is 10.1. The van der Waals surface area contributed by atoms with E-state index in [-0.39, 0.29) is 17.5 Å². The minimum absolute atomic E-state index is 0.00821. The number of hydrogen-bond donors (Lipinski definition) is 2. The first-order valence-corrected chi connectivity index (χ1v) is 5.09. The smallest absolute Gasteiger partial charge is 0.237 e. The van der Waals surface area contributed by atoms with Crippen LogP contribution in [0.25, 0.3) is 0 Å². The monoisotopic (exact) mass is 200 g/mol. The zero-order valence-electron chi connectivity index (χ0n) is 9.22. The Morgan fingerprint density at radius 1 is 1.64 bits per heavy atom. The number of hydrogen-bond acceptors (Lipinski definition) is 3. The molecule has 0 bridgehead atoms. The molecule has 14 heavy (non-hydrogen) atoms. The molecule has 4 nitrogen and oxygen atoms in total. The standard InChI is InChI=1S/C10H20N2O2/c1-10(2,7-14-3)12-9(13)8-5-4-6-11-8/h8,11H,4-7H2,1-3H3,(H,12,13)/t8-/m0/s1. The molecule has 1 atom stereocenters. The second-order valence-electron chi connectivity index (χ2n) is 4.46. The zero-order valence-corrected chi connectivity index (χ0v) is 9.22. The summed E-state index contributed by atoms with van der Waals surface area (Å²) in [4.78, 5) is 11.7. The number of amides is 1. The Morgan fingerprint density at radius 3 is 2.86 bits per heavy atom. The van der Waals surface area contributed by atoms with E-state index in [1.54, 1.807) is 7.11 Å². The van der Waals surface area contributed by atoms with Gasteiger partial charge in [0.05, 0.1) is 18.2 Å². The molecule has 82 valence electrons. The molecule has 2 N–H and O–H groups in total. The van der Waals surface area contributed by atoms with E-state index in [1.807, 2.05) is 13.8 Å². The third-order valence-electron chi connectivity index (χ3n) is 2.34. The van der Waals surface area contributed by atoms with Crippen molar-refractivity contribution < 1.29 is 9.53 Å². The highest BCUT2D eigenvalue weighted by Gasteiger charge is 2.27. The highest BCUT2D eigenvalue weighted by Crippen LogP contribution is 2.08. The molecule has 0 aliphatic carbocycles. The number of methoxy groups -OCH3 is 1. The van der Waals surface area contributed by atoms with Gasteiger partial charge in [-0.05, 0) is 33.2 Å². The Bertz CT molecular complexity index is 198. The lowest BCUT2D eigenvalue weighted by molar-refractivity contribution is -0.125. The van der Waals surface area contributed by atoms with Crippen LogP contribution < -0.4 is 10.6 Å². The molecule has 1 aliphatic heterocycles. The van der Waals surface area contributed by atoms with Crippen LogP contribution >= 0.6 is 0 Å². The van der Waals surface area contributed by atoms with E-state index in [9.17, 15) is 4.79 Å². The van der Waals surface area contributed by atoms with Crippen LogP contribution in [0.15, 0.2) is 0 Å². The average Bonchev–Trinajstić information content (AvgIpc) is 2.53. The highest BCUT2D eigenvalue weighted by molar-refractivity contribution is 5.82. The Balaban J connectivity index is 2.38. The zero-order chi connectivity index (χ0) is 10.6. The normalized spacial score (nSPS) is 22.4. The molecule has 0 saturated carbocycles. The SMILES string of the molecule is COCC(C)(C)NC(=O)[C@@H]1CCCN1. The maximum atomic E-state index is 11.7. The maximum Gasteiger partial charge on any atom is 0.237 e. The third-order valence-corrected chi connectivity index (χ3v) is 2.34. The van der Waals surface area contributed by atoms with Gasteiger partial charge in [0, 0.05) is 7.11 Å². The second kappa shape index (κ2) is 4.75. The van der Waals surface area contributed by atoms with Crippen LogP contribution in [0.2, 0.25) is 0 Å². The fourth-order valence-corrected chi connectivity index (χ4v) is 1.73. The van der Waals surface area contributed by atoms with E-state index in [0.717, 1.165) is 19.4 Å². The van der Waals surface area contributed by atoms with Gasteiger partial charge in [0.25, 0.3) is 0 Å². The molecule has 0 aromatic rings. The summed E-state index contributed by atoms with van der Waals surface area (Å²) in [5.41, 5.74) is -0.282. The molecule has 1 rings (SSSR count). The molecule has 0 radical (unpaired) electrons. The predicted octanol–water partition coefficient (Wildman–Crippen LogP) is 0.280. The van der Waals surface area contributed by atoms with Crippen LogP contribution in [0.3, 0.4) is 0 Å². The van der Waals surface area contributed by atoms with Crippen molar-refractivity contribution in [2.75, 3.05) is 20.3 Å². The average molecular weight is 200 g/mol. The second-order valence-corrected chi connectivity index (χ2v) is 4.46. The number of ether oxygens (including phenoxy) is 1. The van der Waals surface area contributed by atoms with Crippen molar-refractivity contribution in [2.45, 2.75) is 38.3 Å². The van der Waals surface area contributed by atoms with E-state index in [0.29, 0.717) is 6.61 Å². The van der Waals surface area contributed by atoms with E-state index in [2.05, 4.69) is 10.6 Å². The summed E-state index contributed by atoms with van der Waals surface area (Å²) in [5.74, 6) is 0.0875. The van der Waals surface area contributed by atoms with Crippen molar-refractivity contribution >= 4 is 5.91 Å². The van der Waals surface area contributed by atoms with Crippen LogP contribution in [-0.4, -0.2) is 37.7 Å². The highest BCUT2D eigenvalue weighted by atomic mass is 16.5. The van der Waals surface area contributed by atoms with Gasteiger partial charge in [-0.3, -0.25) is 4.79 Å². The van der Waals surface area contributed by atoms with Gasteiger partial charge in [-0.25, -0.2) is 0 Å². The number of nitrogens with one attached hydrogen (secondary N) is 2. The number of rotatable bonds is 4. The molecule has 4 heteroatoms. The van der Waals surface area contributed by atoms with Crippen LogP contribution in [0.4, 0.5) is 0 Å². The van der Waals surface area contributed by atoms with Crippen molar-refractivity contribution in [3.8, 4) is 0 Å². The van der Waals surface area contributed by atoms with Gasteiger partial charge in [0.2, 0.25) is 5.91 Å². The van der Waals surface area contributed by atoms with Crippen molar-refractivity contribution in [3.05, 3.63) is 0 Å². The Morgan fingerprint density at radius 2 is 2.36 bits per heavy atom. The molecule has 1 saturated heterocycles. The third kappa shape index (κ3) is 3.27. The molecule has 0 spiro atoms. The van der Waals surface area contributed by atoms with Crippen LogP contribution in [0, 0.1) is 0 Å². The number of carbonyl (C=O) groups is 1. The topological polar surface area (TPSA) is 50.4 Å². The summed E-state index contributed by atoms with van der Waals surface area (Å²) in [6.07, 6.45) is 2.03. The first-order chi connectivity index (χ1) is 6.55. The van der Waals surface area contributed by atoms with Crippen LogP contribution in [0.5, 0.6) is 0 Å². The lowest BCUT2D eigenvalue weighted by Gasteiger charge is -2.26. The van der Waals surface area contributed by atoms with Crippen LogP contribution in [0.1, 0.15) is 26.7 Å². The Kier molecular flexibility index (Phi) is 3.89. The lowest BCUT2D eigenvalue weighted by Crippen LogP contribution is -2.52. The van der Waals surface area contributed by atoms with Gasteiger partial charge in [-0.1, -0.05) is 0 Å². The molecule has 0 unspecified atom stereocenters. The van der Waals surface area contributed by atoms with Crippen molar-refractivity contribution in [2.24, 2.45) is 0 Å². The van der Waals surface area contributed by atoms with E-state index in [1.165, 1.54) is 0 Å². The minimum atomic E-state index is -0.282. The quantitative estimate of drug-likeness (QED) is 0.685.